The third-order valence-electron chi connectivity index (χ3n) is 2.88. The van der Waals surface area contributed by atoms with Crippen molar-refractivity contribution in [3.63, 3.8) is 0 Å². The predicted octanol–water partition coefficient (Wildman–Crippen LogP) is 4.29. The van der Waals surface area contributed by atoms with Gasteiger partial charge in [-0.2, -0.15) is 0 Å². The lowest BCUT2D eigenvalue weighted by Gasteiger charge is -2.18. The van der Waals surface area contributed by atoms with Crippen LogP contribution in [0.15, 0.2) is 52.7 Å². The van der Waals surface area contributed by atoms with Crippen LogP contribution >= 0.6 is 22.7 Å². The molecule has 3 aromatic rings. The van der Waals surface area contributed by atoms with Crippen LogP contribution in [0.25, 0.3) is 6.08 Å². The Balaban J connectivity index is 1.93. The van der Waals surface area contributed by atoms with Gasteiger partial charge in [0, 0.05) is 16.8 Å². The second-order valence-corrected chi connectivity index (χ2v) is 6.08. The van der Waals surface area contributed by atoms with Crippen LogP contribution in [0.5, 0.6) is 0 Å². The van der Waals surface area contributed by atoms with Gasteiger partial charge < -0.3 is 0 Å². The molecule has 2 aromatic heterocycles. The highest BCUT2D eigenvalue weighted by Gasteiger charge is 2.18. The molecule has 0 unspecified atom stereocenters. The summed E-state index contributed by atoms with van der Waals surface area (Å²) >= 11 is 2.95. The third-order valence-corrected chi connectivity index (χ3v) is 4.43. The minimum Gasteiger partial charge on any atom is -0.269 e. The maximum atomic E-state index is 12.6. The molecule has 0 radical (unpaired) electrons. The first-order valence-corrected chi connectivity index (χ1v) is 8.44. The van der Waals surface area contributed by atoms with E-state index in [4.69, 9.17) is 0 Å². The first-order valence-electron chi connectivity index (χ1n) is 6.61. The maximum absolute atomic E-state index is 12.6. The number of carbonyl (C=O) groups excluding carboxylic acids is 1. The average molecular weight is 327 g/mol. The summed E-state index contributed by atoms with van der Waals surface area (Å²) in [6.07, 6.45) is 3.24. The molecular formula is C16H13N3OS2. The molecule has 0 N–H and O–H groups in total. The maximum Gasteiger partial charge on any atom is 0.257 e. The number of thiazole rings is 2. The number of hydrogen-bond acceptors (Lipinski definition) is 5. The smallest absolute Gasteiger partial charge is 0.257 e. The molecule has 4 nitrogen and oxygen atoms in total. The van der Waals surface area contributed by atoms with E-state index in [1.165, 1.54) is 28.7 Å². The van der Waals surface area contributed by atoms with E-state index >= 15 is 0 Å². The highest BCUT2D eigenvalue weighted by Crippen LogP contribution is 2.28. The first kappa shape index (κ1) is 14.6. The van der Waals surface area contributed by atoms with Gasteiger partial charge in [-0.15, -0.1) is 22.7 Å². The largest absolute Gasteiger partial charge is 0.269 e. The summed E-state index contributed by atoms with van der Waals surface area (Å²) in [6.45, 7) is 1.92. The van der Waals surface area contributed by atoms with Crippen LogP contribution < -0.4 is 4.90 Å². The zero-order chi connectivity index (χ0) is 15.4. The van der Waals surface area contributed by atoms with Crippen molar-refractivity contribution in [2.24, 2.45) is 0 Å². The second-order valence-electron chi connectivity index (χ2n) is 4.53. The number of para-hydroxylation sites is 1. The molecule has 6 heteroatoms. The van der Waals surface area contributed by atoms with Crippen molar-refractivity contribution in [1.82, 2.24) is 9.97 Å². The summed E-state index contributed by atoms with van der Waals surface area (Å²) in [5.74, 6) is -0.145. The number of benzene rings is 1. The fraction of sp³-hybridized carbons (Fsp3) is 0.0625. The number of hydrogen-bond donors (Lipinski definition) is 0. The summed E-state index contributed by atoms with van der Waals surface area (Å²) in [5, 5.41) is 4.49. The monoisotopic (exact) mass is 327 g/mol. The standard InChI is InChI=1S/C16H13N3OS2/c1-12-9-22-16(18-12)19(14-5-3-2-4-6-14)15(20)8-7-13-10-21-11-17-13/h2-11H,1H3. The molecule has 0 fully saturated rings. The van der Waals surface area contributed by atoms with Crippen molar-refractivity contribution in [1.29, 1.82) is 0 Å². The Morgan fingerprint density at radius 1 is 1.23 bits per heavy atom. The zero-order valence-electron chi connectivity index (χ0n) is 11.8. The normalized spacial score (nSPS) is 11.0. The quantitative estimate of drug-likeness (QED) is 0.672. The third kappa shape index (κ3) is 3.29. The van der Waals surface area contributed by atoms with Gasteiger partial charge in [0.15, 0.2) is 5.13 Å². The molecular weight excluding hydrogens is 314 g/mol. The van der Waals surface area contributed by atoms with E-state index in [2.05, 4.69) is 9.97 Å². The van der Waals surface area contributed by atoms with Crippen molar-refractivity contribution in [2.75, 3.05) is 4.90 Å². The number of rotatable bonds is 4. The minimum absolute atomic E-state index is 0.145. The van der Waals surface area contributed by atoms with Crippen molar-refractivity contribution >= 4 is 45.5 Å². The summed E-state index contributed by atoms with van der Waals surface area (Å²) in [5.41, 5.74) is 4.22. The van der Waals surface area contributed by atoms with Gasteiger partial charge >= 0.3 is 0 Å². The lowest BCUT2D eigenvalue weighted by Crippen LogP contribution is -2.23. The van der Waals surface area contributed by atoms with Gasteiger partial charge in [-0.25, -0.2) is 9.97 Å². The van der Waals surface area contributed by atoms with Crippen LogP contribution in [0.3, 0.4) is 0 Å². The molecule has 2 heterocycles. The van der Waals surface area contributed by atoms with E-state index in [9.17, 15) is 4.79 Å². The Bertz CT molecular complexity index is 779. The van der Waals surface area contributed by atoms with Gasteiger partial charge in [0.1, 0.15) is 0 Å². The molecule has 0 saturated carbocycles. The van der Waals surface area contributed by atoms with Crippen molar-refractivity contribution < 1.29 is 4.79 Å². The fourth-order valence-electron chi connectivity index (χ4n) is 1.89. The van der Waals surface area contributed by atoms with E-state index in [0.717, 1.165) is 17.1 Å². The molecule has 0 atom stereocenters. The predicted molar refractivity (Wildman–Crippen MR) is 91.6 cm³/mol. The molecule has 3 rings (SSSR count). The van der Waals surface area contributed by atoms with Crippen LogP contribution in [0.4, 0.5) is 10.8 Å². The Morgan fingerprint density at radius 2 is 2.05 bits per heavy atom. The molecule has 110 valence electrons. The first-order chi connectivity index (χ1) is 10.7. The van der Waals surface area contributed by atoms with Crippen molar-refractivity contribution in [2.45, 2.75) is 6.92 Å². The van der Waals surface area contributed by atoms with Crippen LogP contribution in [0.2, 0.25) is 0 Å². The molecule has 0 bridgehead atoms. The highest BCUT2D eigenvalue weighted by atomic mass is 32.1. The summed E-state index contributed by atoms with van der Waals surface area (Å²) < 4.78 is 0. The number of aryl methyl sites for hydroxylation is 1. The number of amides is 1. The number of aromatic nitrogens is 2. The van der Waals surface area contributed by atoms with Gasteiger partial charge in [0.25, 0.3) is 5.91 Å². The van der Waals surface area contributed by atoms with E-state index in [0.29, 0.717) is 5.13 Å². The number of anilines is 2. The minimum atomic E-state index is -0.145. The van der Waals surface area contributed by atoms with Crippen LogP contribution in [0, 0.1) is 6.92 Å². The van der Waals surface area contributed by atoms with E-state index in [1.54, 1.807) is 16.5 Å². The van der Waals surface area contributed by atoms with Crippen LogP contribution in [0.1, 0.15) is 11.4 Å². The topological polar surface area (TPSA) is 46.1 Å². The fourth-order valence-corrected chi connectivity index (χ4v) is 3.24. The number of nitrogens with zero attached hydrogens (tertiary/aromatic N) is 3. The van der Waals surface area contributed by atoms with Gasteiger partial charge in [-0.3, -0.25) is 9.69 Å². The van der Waals surface area contributed by atoms with E-state index in [-0.39, 0.29) is 5.91 Å². The lowest BCUT2D eigenvalue weighted by molar-refractivity contribution is -0.113. The lowest BCUT2D eigenvalue weighted by atomic mass is 10.3. The molecule has 1 aromatic carbocycles. The summed E-state index contributed by atoms with van der Waals surface area (Å²) in [4.78, 5) is 22.8. The molecule has 22 heavy (non-hydrogen) atoms. The molecule has 0 aliphatic rings. The Hall–Kier alpha value is -2.31. The molecule has 0 aliphatic heterocycles. The molecule has 0 spiro atoms. The summed E-state index contributed by atoms with van der Waals surface area (Å²) in [6, 6.07) is 9.52. The SMILES string of the molecule is Cc1csc(N(C(=O)C=Cc2cscn2)c2ccccc2)n1. The van der Waals surface area contributed by atoms with E-state index in [1.807, 2.05) is 48.0 Å². The zero-order valence-corrected chi connectivity index (χ0v) is 13.5. The van der Waals surface area contributed by atoms with Crippen molar-refractivity contribution in [3.8, 4) is 0 Å². The summed E-state index contributed by atoms with van der Waals surface area (Å²) in [7, 11) is 0. The van der Waals surface area contributed by atoms with Gasteiger partial charge in [-0.1, -0.05) is 18.2 Å². The van der Waals surface area contributed by atoms with E-state index < -0.39 is 0 Å². The van der Waals surface area contributed by atoms with Crippen molar-refractivity contribution in [3.05, 3.63) is 64.1 Å². The number of carbonyl (C=O) groups is 1. The van der Waals surface area contributed by atoms with Crippen LogP contribution in [-0.2, 0) is 4.79 Å². The second kappa shape index (κ2) is 6.64. The average Bonchev–Trinajstić information content (AvgIpc) is 3.18. The molecule has 0 aliphatic carbocycles. The highest BCUT2D eigenvalue weighted by molar-refractivity contribution is 7.14. The molecule has 0 saturated heterocycles. The van der Waals surface area contributed by atoms with Crippen LogP contribution in [-0.4, -0.2) is 15.9 Å². The van der Waals surface area contributed by atoms with Gasteiger partial charge in [0.2, 0.25) is 0 Å². The van der Waals surface area contributed by atoms with Gasteiger partial charge in [0.05, 0.1) is 22.6 Å². The Kier molecular flexibility index (Phi) is 4.41. The Labute approximate surface area is 136 Å². The molecule has 1 amide bonds. The Morgan fingerprint density at radius 3 is 2.68 bits per heavy atom. The van der Waals surface area contributed by atoms with Gasteiger partial charge in [-0.05, 0) is 25.1 Å².